The topological polar surface area (TPSA) is 55.1 Å². The lowest BCUT2D eigenvalue weighted by Gasteiger charge is -2.06. The molecular formula is C15H18N2O2. The molecule has 0 saturated carbocycles. The zero-order valence-electron chi connectivity index (χ0n) is 11.5. The first-order valence-corrected chi connectivity index (χ1v) is 6.31. The van der Waals surface area contributed by atoms with E-state index >= 15 is 0 Å². The van der Waals surface area contributed by atoms with Crippen LogP contribution < -0.4 is 0 Å². The third-order valence-corrected chi connectivity index (χ3v) is 3.11. The molecule has 100 valence electrons. The Morgan fingerprint density at radius 2 is 2.00 bits per heavy atom. The van der Waals surface area contributed by atoms with Gasteiger partial charge < -0.3 is 5.11 Å². The molecule has 1 aromatic heterocycles. The minimum atomic E-state index is -0.0613. The standard InChI is InChI=1S/C15H18N2O2/c1-10-4-5-14(18)13(8-10)15(19)6-7-17-12(3)9-11(2)16-17/h4-5,8-9,18H,6-7H2,1-3H3. The number of rotatable bonds is 4. The van der Waals surface area contributed by atoms with Crippen LogP contribution in [-0.4, -0.2) is 20.7 Å². The number of carbonyl (C=O) groups excluding carboxylic acids is 1. The van der Waals surface area contributed by atoms with Gasteiger partial charge in [-0.15, -0.1) is 0 Å². The highest BCUT2D eigenvalue weighted by Crippen LogP contribution is 2.20. The van der Waals surface area contributed by atoms with Gasteiger partial charge in [0.05, 0.1) is 11.3 Å². The molecule has 0 fully saturated rings. The SMILES string of the molecule is Cc1ccc(O)c(C(=O)CCn2nc(C)cc2C)c1. The molecule has 0 saturated heterocycles. The van der Waals surface area contributed by atoms with Crippen molar-refractivity contribution in [2.24, 2.45) is 0 Å². The van der Waals surface area contributed by atoms with Crippen LogP contribution in [0.2, 0.25) is 0 Å². The number of hydrogen-bond donors (Lipinski definition) is 1. The van der Waals surface area contributed by atoms with E-state index in [1.165, 1.54) is 0 Å². The van der Waals surface area contributed by atoms with E-state index in [2.05, 4.69) is 5.10 Å². The molecule has 0 atom stereocenters. The molecule has 0 bridgehead atoms. The van der Waals surface area contributed by atoms with Crippen molar-refractivity contribution in [3.63, 3.8) is 0 Å². The van der Waals surface area contributed by atoms with Gasteiger partial charge in [-0.05, 0) is 39.0 Å². The first-order valence-electron chi connectivity index (χ1n) is 6.31. The minimum absolute atomic E-state index is 0.0453. The fourth-order valence-corrected chi connectivity index (χ4v) is 2.12. The molecule has 0 aliphatic carbocycles. The number of phenolic OH excluding ortho intramolecular Hbond substituents is 1. The minimum Gasteiger partial charge on any atom is -0.507 e. The molecule has 0 aliphatic heterocycles. The van der Waals surface area contributed by atoms with E-state index in [1.807, 2.05) is 31.5 Å². The lowest BCUT2D eigenvalue weighted by molar-refractivity contribution is 0.0972. The van der Waals surface area contributed by atoms with E-state index in [0.29, 0.717) is 18.5 Å². The third-order valence-electron chi connectivity index (χ3n) is 3.11. The van der Waals surface area contributed by atoms with Crippen molar-refractivity contribution in [2.75, 3.05) is 0 Å². The Balaban J connectivity index is 2.09. The van der Waals surface area contributed by atoms with Gasteiger partial charge in [0, 0.05) is 18.7 Å². The smallest absolute Gasteiger partial charge is 0.168 e. The summed E-state index contributed by atoms with van der Waals surface area (Å²) in [6.45, 7) is 6.33. The first-order chi connectivity index (χ1) is 8.97. The summed E-state index contributed by atoms with van der Waals surface area (Å²) in [5.74, 6) is -0.0160. The summed E-state index contributed by atoms with van der Waals surface area (Å²) in [6, 6.07) is 7.05. The Bertz CT molecular complexity index is 615. The number of aromatic nitrogens is 2. The Morgan fingerprint density at radius 1 is 1.26 bits per heavy atom. The second kappa shape index (κ2) is 5.26. The van der Waals surface area contributed by atoms with E-state index < -0.39 is 0 Å². The van der Waals surface area contributed by atoms with E-state index in [-0.39, 0.29) is 11.5 Å². The fourth-order valence-electron chi connectivity index (χ4n) is 2.12. The van der Waals surface area contributed by atoms with E-state index in [1.54, 1.807) is 18.2 Å². The van der Waals surface area contributed by atoms with Crippen LogP contribution in [-0.2, 0) is 6.54 Å². The van der Waals surface area contributed by atoms with Crippen LogP contribution in [0.3, 0.4) is 0 Å². The van der Waals surface area contributed by atoms with Crippen LogP contribution >= 0.6 is 0 Å². The second-order valence-corrected chi connectivity index (χ2v) is 4.84. The van der Waals surface area contributed by atoms with Crippen LogP contribution in [0.5, 0.6) is 5.75 Å². The normalized spacial score (nSPS) is 10.7. The second-order valence-electron chi connectivity index (χ2n) is 4.84. The summed E-state index contributed by atoms with van der Waals surface area (Å²) < 4.78 is 1.82. The summed E-state index contributed by atoms with van der Waals surface area (Å²) in [5, 5.41) is 14.0. The zero-order valence-corrected chi connectivity index (χ0v) is 11.5. The number of hydrogen-bond acceptors (Lipinski definition) is 3. The summed E-state index contributed by atoms with van der Waals surface area (Å²) in [5.41, 5.74) is 3.34. The number of carbonyl (C=O) groups is 1. The van der Waals surface area contributed by atoms with Gasteiger partial charge in [-0.3, -0.25) is 9.48 Å². The number of phenols is 1. The Kier molecular flexibility index (Phi) is 3.69. The number of benzene rings is 1. The van der Waals surface area contributed by atoms with E-state index in [0.717, 1.165) is 17.0 Å². The van der Waals surface area contributed by atoms with Gasteiger partial charge in [0.25, 0.3) is 0 Å². The Morgan fingerprint density at radius 3 is 2.63 bits per heavy atom. The number of aromatic hydroxyl groups is 1. The maximum absolute atomic E-state index is 12.1. The Hall–Kier alpha value is -2.10. The highest BCUT2D eigenvalue weighted by molar-refractivity contribution is 5.98. The zero-order chi connectivity index (χ0) is 14.0. The van der Waals surface area contributed by atoms with Crippen LogP contribution in [0.25, 0.3) is 0 Å². The molecule has 0 radical (unpaired) electrons. The predicted octanol–water partition coefficient (Wildman–Crippen LogP) is 2.79. The van der Waals surface area contributed by atoms with Crippen molar-refractivity contribution in [1.82, 2.24) is 9.78 Å². The lowest BCUT2D eigenvalue weighted by Crippen LogP contribution is -2.09. The maximum atomic E-state index is 12.1. The highest BCUT2D eigenvalue weighted by atomic mass is 16.3. The highest BCUT2D eigenvalue weighted by Gasteiger charge is 2.12. The van der Waals surface area contributed by atoms with Gasteiger partial charge in [0.2, 0.25) is 0 Å². The van der Waals surface area contributed by atoms with Crippen LogP contribution in [0.4, 0.5) is 0 Å². The largest absolute Gasteiger partial charge is 0.507 e. The molecule has 0 aliphatic rings. The van der Waals surface area contributed by atoms with Crippen LogP contribution in [0.15, 0.2) is 24.3 Å². The van der Waals surface area contributed by atoms with Gasteiger partial charge in [0.1, 0.15) is 5.75 Å². The van der Waals surface area contributed by atoms with Crippen LogP contribution in [0, 0.1) is 20.8 Å². The quantitative estimate of drug-likeness (QED) is 0.858. The van der Waals surface area contributed by atoms with Gasteiger partial charge in [-0.2, -0.15) is 5.10 Å². The van der Waals surface area contributed by atoms with E-state index in [9.17, 15) is 9.90 Å². The van der Waals surface area contributed by atoms with Crippen molar-refractivity contribution in [1.29, 1.82) is 0 Å². The van der Waals surface area contributed by atoms with Gasteiger partial charge >= 0.3 is 0 Å². The molecule has 0 unspecified atom stereocenters. The third kappa shape index (κ3) is 3.02. The molecule has 2 aromatic rings. The van der Waals surface area contributed by atoms with Gasteiger partial charge in [-0.25, -0.2) is 0 Å². The summed E-state index contributed by atoms with van der Waals surface area (Å²) in [7, 11) is 0. The summed E-state index contributed by atoms with van der Waals surface area (Å²) >= 11 is 0. The fraction of sp³-hybridized carbons (Fsp3) is 0.333. The first kappa shape index (κ1) is 13.3. The molecule has 1 aromatic carbocycles. The van der Waals surface area contributed by atoms with Gasteiger partial charge in [0.15, 0.2) is 5.78 Å². The van der Waals surface area contributed by atoms with Crippen molar-refractivity contribution >= 4 is 5.78 Å². The van der Waals surface area contributed by atoms with Crippen molar-refractivity contribution < 1.29 is 9.90 Å². The van der Waals surface area contributed by atoms with Crippen molar-refractivity contribution in [2.45, 2.75) is 33.7 Å². The number of aryl methyl sites for hydroxylation is 4. The average molecular weight is 258 g/mol. The molecule has 0 amide bonds. The average Bonchev–Trinajstić information content (AvgIpc) is 2.68. The van der Waals surface area contributed by atoms with Crippen molar-refractivity contribution in [3.8, 4) is 5.75 Å². The molecular weight excluding hydrogens is 240 g/mol. The molecule has 0 spiro atoms. The van der Waals surface area contributed by atoms with Gasteiger partial charge in [-0.1, -0.05) is 11.6 Å². The predicted molar refractivity (Wildman–Crippen MR) is 73.5 cm³/mol. The molecule has 4 heteroatoms. The molecule has 2 rings (SSSR count). The number of nitrogens with zero attached hydrogens (tertiary/aromatic N) is 2. The molecule has 4 nitrogen and oxygen atoms in total. The summed E-state index contributed by atoms with van der Waals surface area (Å²) in [4.78, 5) is 12.1. The number of ketones is 1. The summed E-state index contributed by atoms with van der Waals surface area (Å²) in [6.07, 6.45) is 0.332. The van der Waals surface area contributed by atoms with Crippen molar-refractivity contribution in [3.05, 3.63) is 46.8 Å². The molecule has 1 heterocycles. The molecule has 19 heavy (non-hydrogen) atoms. The lowest BCUT2D eigenvalue weighted by atomic mass is 10.0. The maximum Gasteiger partial charge on any atom is 0.168 e. The van der Waals surface area contributed by atoms with E-state index in [4.69, 9.17) is 0 Å². The monoisotopic (exact) mass is 258 g/mol. The number of Topliss-reactive ketones (excluding diaryl/α,β-unsaturated/α-hetero) is 1. The Labute approximate surface area is 112 Å². The van der Waals surface area contributed by atoms with Crippen LogP contribution in [0.1, 0.15) is 33.7 Å². The molecule has 1 N–H and O–H groups in total.